The number of halogens is 3. The summed E-state index contributed by atoms with van der Waals surface area (Å²) in [6.45, 7) is 1.87. The van der Waals surface area contributed by atoms with Gasteiger partial charge >= 0.3 is 6.18 Å². The van der Waals surface area contributed by atoms with Gasteiger partial charge in [0.05, 0.1) is 11.1 Å². The first kappa shape index (κ1) is 18.6. The van der Waals surface area contributed by atoms with Crippen LogP contribution in [0.4, 0.5) is 13.2 Å². The van der Waals surface area contributed by atoms with Gasteiger partial charge in [0, 0.05) is 5.56 Å². The Morgan fingerprint density at radius 1 is 1.08 bits per heavy atom. The summed E-state index contributed by atoms with van der Waals surface area (Å²) in [6, 6.07) is 7.02. The molecule has 132 valence electrons. The van der Waals surface area contributed by atoms with E-state index in [4.69, 9.17) is 0 Å². The van der Waals surface area contributed by atoms with Crippen molar-refractivity contribution in [2.75, 3.05) is 0 Å². The average molecular weight is 350 g/mol. The highest BCUT2D eigenvalue weighted by molar-refractivity contribution is 6.09. The second-order valence-corrected chi connectivity index (χ2v) is 5.53. The molecule has 0 aliphatic rings. The fraction of sp³-hybridized carbons (Fsp3) is 0.211. The van der Waals surface area contributed by atoms with Crippen molar-refractivity contribution in [1.29, 1.82) is 0 Å². The zero-order valence-corrected chi connectivity index (χ0v) is 13.5. The minimum atomic E-state index is -4.41. The van der Waals surface area contributed by atoms with Crippen LogP contribution in [0.2, 0.25) is 0 Å². The topological polar surface area (TPSA) is 57.5 Å². The summed E-state index contributed by atoms with van der Waals surface area (Å²) in [6.07, 6.45) is -0.772. The number of carbonyl (C=O) groups excluding carboxylic acids is 1. The maximum absolute atomic E-state index is 12.5. The Kier molecular flexibility index (Phi) is 5.51. The van der Waals surface area contributed by atoms with Crippen molar-refractivity contribution in [2.45, 2.75) is 25.9 Å². The quantitative estimate of drug-likeness (QED) is 0.592. The van der Waals surface area contributed by atoms with Gasteiger partial charge in [-0.25, -0.2) is 0 Å². The van der Waals surface area contributed by atoms with Gasteiger partial charge in [0.25, 0.3) is 0 Å². The molecular weight excluding hydrogens is 333 g/mol. The number of ketones is 1. The van der Waals surface area contributed by atoms with Crippen LogP contribution >= 0.6 is 0 Å². The molecule has 0 spiro atoms. The molecule has 2 rings (SSSR count). The first-order valence-electron chi connectivity index (χ1n) is 7.67. The van der Waals surface area contributed by atoms with E-state index in [1.165, 1.54) is 36.4 Å². The van der Waals surface area contributed by atoms with Gasteiger partial charge in [-0.15, -0.1) is 0 Å². The van der Waals surface area contributed by atoms with E-state index in [2.05, 4.69) is 0 Å². The molecule has 0 bridgehead atoms. The predicted molar refractivity (Wildman–Crippen MR) is 88.6 cm³/mol. The molecule has 0 aliphatic carbocycles. The van der Waals surface area contributed by atoms with E-state index in [-0.39, 0.29) is 17.1 Å². The molecule has 6 heteroatoms. The van der Waals surface area contributed by atoms with Gasteiger partial charge in [-0.1, -0.05) is 31.6 Å². The van der Waals surface area contributed by atoms with Gasteiger partial charge < -0.3 is 10.2 Å². The standard InChI is InChI=1S/C19H17F3O3/c1-2-3-14-17(24)11-9-15(18(14)25)16(23)10-6-12-4-7-13(8-5-12)19(20,21)22/h4-11,24-25H,2-3H2,1H3/b10-6+. The minimum absolute atomic E-state index is 0.0319. The Morgan fingerprint density at radius 2 is 1.72 bits per heavy atom. The lowest BCUT2D eigenvalue weighted by Crippen LogP contribution is -2.04. The fourth-order valence-electron chi connectivity index (χ4n) is 2.37. The van der Waals surface area contributed by atoms with E-state index in [0.717, 1.165) is 12.1 Å². The predicted octanol–water partition coefficient (Wildman–Crippen LogP) is 4.97. The van der Waals surface area contributed by atoms with Crippen molar-refractivity contribution >= 4 is 11.9 Å². The number of aromatic hydroxyl groups is 2. The fourth-order valence-corrected chi connectivity index (χ4v) is 2.37. The summed E-state index contributed by atoms with van der Waals surface area (Å²) >= 11 is 0. The van der Waals surface area contributed by atoms with Gasteiger partial charge in [-0.2, -0.15) is 13.2 Å². The number of phenolic OH excluding ortho intramolecular Hbond substituents is 2. The van der Waals surface area contributed by atoms with Crippen LogP contribution in [0.15, 0.2) is 42.5 Å². The number of rotatable bonds is 5. The summed E-state index contributed by atoms with van der Waals surface area (Å²) < 4.78 is 37.5. The van der Waals surface area contributed by atoms with Crippen LogP contribution < -0.4 is 0 Å². The van der Waals surface area contributed by atoms with Gasteiger partial charge in [0.1, 0.15) is 11.5 Å². The van der Waals surface area contributed by atoms with Crippen molar-refractivity contribution in [1.82, 2.24) is 0 Å². The molecule has 0 unspecified atom stereocenters. The molecular formula is C19H17F3O3. The lowest BCUT2D eigenvalue weighted by atomic mass is 10.0. The lowest BCUT2D eigenvalue weighted by Gasteiger charge is -2.09. The SMILES string of the molecule is CCCc1c(O)ccc(C(=O)/C=C/c2ccc(C(F)(F)F)cc2)c1O. The summed E-state index contributed by atoms with van der Waals surface area (Å²) in [4.78, 5) is 12.2. The van der Waals surface area contributed by atoms with E-state index in [0.29, 0.717) is 24.0 Å². The Morgan fingerprint density at radius 3 is 2.28 bits per heavy atom. The van der Waals surface area contributed by atoms with Gasteiger partial charge in [0.2, 0.25) is 0 Å². The molecule has 0 heterocycles. The first-order chi connectivity index (χ1) is 11.7. The third kappa shape index (κ3) is 4.41. The van der Waals surface area contributed by atoms with E-state index in [9.17, 15) is 28.2 Å². The molecule has 0 saturated heterocycles. The number of alkyl halides is 3. The summed E-state index contributed by atoms with van der Waals surface area (Å²) in [5.74, 6) is -0.860. The molecule has 0 atom stereocenters. The Labute approximate surface area is 143 Å². The van der Waals surface area contributed by atoms with E-state index < -0.39 is 17.5 Å². The van der Waals surface area contributed by atoms with Crippen LogP contribution in [0, 0.1) is 0 Å². The third-order valence-corrected chi connectivity index (χ3v) is 3.69. The van der Waals surface area contributed by atoms with Crippen LogP contribution in [-0.4, -0.2) is 16.0 Å². The van der Waals surface area contributed by atoms with Crippen LogP contribution in [0.1, 0.15) is 40.4 Å². The largest absolute Gasteiger partial charge is 0.508 e. The first-order valence-corrected chi connectivity index (χ1v) is 7.67. The van der Waals surface area contributed by atoms with E-state index in [1.807, 2.05) is 6.92 Å². The van der Waals surface area contributed by atoms with Crippen LogP contribution in [0.25, 0.3) is 6.08 Å². The second-order valence-electron chi connectivity index (χ2n) is 5.53. The second kappa shape index (κ2) is 7.42. The highest BCUT2D eigenvalue weighted by Gasteiger charge is 2.29. The maximum Gasteiger partial charge on any atom is 0.416 e. The number of benzene rings is 2. The molecule has 0 radical (unpaired) electrons. The Hall–Kier alpha value is -2.76. The van der Waals surface area contributed by atoms with Gasteiger partial charge in [-0.3, -0.25) is 4.79 Å². The molecule has 2 aromatic carbocycles. The number of phenols is 2. The normalized spacial score (nSPS) is 11.8. The summed E-state index contributed by atoms with van der Waals surface area (Å²) in [5.41, 5.74) is -0.00884. The zero-order valence-electron chi connectivity index (χ0n) is 13.5. The molecule has 2 aromatic rings. The van der Waals surface area contributed by atoms with Gasteiger partial charge in [-0.05, 0) is 42.3 Å². The van der Waals surface area contributed by atoms with Crippen molar-refractivity contribution in [3.63, 3.8) is 0 Å². The molecule has 0 saturated carbocycles. The minimum Gasteiger partial charge on any atom is -0.508 e. The Bertz CT molecular complexity index is 791. The Balaban J connectivity index is 2.22. The monoisotopic (exact) mass is 350 g/mol. The van der Waals surface area contributed by atoms with Crippen molar-refractivity contribution in [2.24, 2.45) is 0 Å². The van der Waals surface area contributed by atoms with Gasteiger partial charge in [0.15, 0.2) is 5.78 Å². The molecule has 0 aliphatic heterocycles. The molecule has 0 fully saturated rings. The molecule has 3 nitrogen and oxygen atoms in total. The number of carbonyl (C=O) groups is 1. The van der Waals surface area contributed by atoms with E-state index >= 15 is 0 Å². The number of hydrogen-bond donors (Lipinski definition) is 2. The summed E-state index contributed by atoms with van der Waals surface area (Å²) in [5, 5.41) is 19.9. The van der Waals surface area contributed by atoms with Crippen LogP contribution in [-0.2, 0) is 12.6 Å². The third-order valence-electron chi connectivity index (χ3n) is 3.69. The molecule has 0 amide bonds. The molecule has 2 N–H and O–H groups in total. The zero-order chi connectivity index (χ0) is 18.6. The van der Waals surface area contributed by atoms with Crippen molar-refractivity contribution < 1.29 is 28.2 Å². The number of allylic oxidation sites excluding steroid dienone is 1. The van der Waals surface area contributed by atoms with E-state index in [1.54, 1.807) is 0 Å². The van der Waals surface area contributed by atoms with Crippen LogP contribution in [0.3, 0.4) is 0 Å². The lowest BCUT2D eigenvalue weighted by molar-refractivity contribution is -0.137. The molecule has 25 heavy (non-hydrogen) atoms. The smallest absolute Gasteiger partial charge is 0.416 e. The maximum atomic E-state index is 12.5. The van der Waals surface area contributed by atoms with Crippen LogP contribution in [0.5, 0.6) is 11.5 Å². The average Bonchev–Trinajstić information content (AvgIpc) is 2.56. The van der Waals surface area contributed by atoms with Crippen molar-refractivity contribution in [3.8, 4) is 11.5 Å². The summed E-state index contributed by atoms with van der Waals surface area (Å²) in [7, 11) is 0. The number of hydrogen-bond acceptors (Lipinski definition) is 3. The highest BCUT2D eigenvalue weighted by Crippen LogP contribution is 2.32. The van der Waals surface area contributed by atoms with Crippen molar-refractivity contribution in [3.05, 3.63) is 64.7 Å². The highest BCUT2D eigenvalue weighted by atomic mass is 19.4. The molecule has 0 aromatic heterocycles.